The Hall–Kier alpha value is -1.48. The van der Waals surface area contributed by atoms with Crippen LogP contribution in [0.15, 0.2) is 47.3 Å². The molecule has 3 heteroatoms. The number of rotatable bonds is 0. The van der Waals surface area contributed by atoms with Gasteiger partial charge < -0.3 is 16.8 Å². The first kappa shape index (κ1) is 8.80. The van der Waals surface area contributed by atoms with Crippen LogP contribution in [0.5, 0.6) is 0 Å². The number of allylic oxidation sites excluding steroid dienone is 2. The lowest BCUT2D eigenvalue weighted by Gasteiger charge is -2.21. The van der Waals surface area contributed by atoms with E-state index < -0.39 is 0 Å². The second-order valence-electron chi connectivity index (χ2n) is 4.39. The molecule has 0 saturated carbocycles. The van der Waals surface area contributed by atoms with Crippen molar-refractivity contribution in [2.24, 2.45) is 17.4 Å². The Morgan fingerprint density at radius 1 is 1.27 bits per heavy atom. The summed E-state index contributed by atoms with van der Waals surface area (Å²) >= 11 is 0. The molecule has 0 radical (unpaired) electrons. The lowest BCUT2D eigenvalue weighted by atomic mass is 9.85. The van der Waals surface area contributed by atoms with Gasteiger partial charge in [-0.2, -0.15) is 0 Å². The van der Waals surface area contributed by atoms with Crippen molar-refractivity contribution < 1.29 is 0 Å². The van der Waals surface area contributed by atoms with Gasteiger partial charge in [-0.3, -0.25) is 0 Å². The van der Waals surface area contributed by atoms with Crippen LogP contribution in [0.1, 0.15) is 6.42 Å². The lowest BCUT2D eigenvalue weighted by molar-refractivity contribution is 0.604. The van der Waals surface area contributed by atoms with Crippen molar-refractivity contribution in [3.8, 4) is 0 Å². The van der Waals surface area contributed by atoms with Crippen LogP contribution in [-0.2, 0) is 0 Å². The van der Waals surface area contributed by atoms with E-state index in [9.17, 15) is 0 Å². The maximum absolute atomic E-state index is 5.93. The Bertz CT molecular complexity index is 415. The molecule has 0 saturated heterocycles. The van der Waals surface area contributed by atoms with E-state index in [1.807, 2.05) is 6.08 Å². The fraction of sp³-hybridized carbons (Fsp3) is 0.333. The van der Waals surface area contributed by atoms with Gasteiger partial charge in [0, 0.05) is 23.4 Å². The molecule has 5 N–H and O–H groups in total. The molecule has 0 aromatic heterocycles. The Morgan fingerprint density at radius 3 is 3.00 bits per heavy atom. The Labute approximate surface area is 89.2 Å². The second-order valence-corrected chi connectivity index (χ2v) is 4.39. The van der Waals surface area contributed by atoms with E-state index in [2.05, 4.69) is 29.6 Å². The summed E-state index contributed by atoms with van der Waals surface area (Å²) in [6, 6.07) is 0.530. The van der Waals surface area contributed by atoms with Crippen molar-refractivity contribution >= 4 is 0 Å². The molecule has 1 heterocycles. The first-order valence-corrected chi connectivity index (χ1v) is 5.33. The fourth-order valence-corrected chi connectivity index (χ4v) is 2.55. The summed E-state index contributed by atoms with van der Waals surface area (Å²) in [6.45, 7) is 0. The quantitative estimate of drug-likeness (QED) is 0.535. The normalized spacial score (nSPS) is 37.1. The highest BCUT2D eigenvalue weighted by molar-refractivity contribution is 5.44. The predicted molar refractivity (Wildman–Crippen MR) is 60.6 cm³/mol. The highest BCUT2D eigenvalue weighted by Gasteiger charge is 2.33. The summed E-state index contributed by atoms with van der Waals surface area (Å²) in [5, 5.41) is 3.49. The van der Waals surface area contributed by atoms with Crippen LogP contribution in [0.2, 0.25) is 0 Å². The first-order valence-electron chi connectivity index (χ1n) is 5.33. The van der Waals surface area contributed by atoms with Crippen molar-refractivity contribution in [2.75, 3.05) is 0 Å². The Kier molecular flexibility index (Phi) is 1.76. The molecule has 0 spiro atoms. The molecular formula is C12H15N3. The largest absolute Gasteiger partial charge is 0.399 e. The molecule has 0 bridgehead atoms. The molecule has 1 aliphatic heterocycles. The zero-order valence-corrected chi connectivity index (χ0v) is 8.48. The zero-order chi connectivity index (χ0) is 10.4. The highest BCUT2D eigenvalue weighted by Crippen LogP contribution is 2.36. The summed E-state index contributed by atoms with van der Waals surface area (Å²) in [5.41, 5.74) is 15.2. The Morgan fingerprint density at radius 2 is 2.13 bits per heavy atom. The van der Waals surface area contributed by atoms with Gasteiger partial charge in [-0.1, -0.05) is 18.2 Å². The number of hydrogen-bond donors (Lipinski definition) is 3. The van der Waals surface area contributed by atoms with Gasteiger partial charge in [-0.25, -0.2) is 0 Å². The average molecular weight is 201 g/mol. The molecule has 0 aromatic carbocycles. The summed E-state index contributed by atoms with van der Waals surface area (Å²) in [7, 11) is 0. The first-order chi connectivity index (χ1) is 7.24. The van der Waals surface area contributed by atoms with Gasteiger partial charge in [0.05, 0.1) is 6.04 Å². The molecule has 0 fully saturated rings. The van der Waals surface area contributed by atoms with Gasteiger partial charge in [0.25, 0.3) is 0 Å². The molecule has 3 aliphatic rings. The molecule has 3 unspecified atom stereocenters. The standard InChI is InChI=1S/C12H15N3/c13-7-1-3-11-9(5-7)10-6-8(14)2-4-12(10)15-11/h1-5,8-9,11,15H,6,13-14H2. The van der Waals surface area contributed by atoms with Crippen LogP contribution in [0, 0.1) is 5.92 Å². The van der Waals surface area contributed by atoms with Gasteiger partial charge in [0.1, 0.15) is 0 Å². The SMILES string of the molecule is NC1=CC2C3=C(C=CC(N)C3)NC2C=C1. The van der Waals surface area contributed by atoms with E-state index in [1.54, 1.807) is 0 Å². The molecule has 3 nitrogen and oxygen atoms in total. The number of hydrogen-bond acceptors (Lipinski definition) is 3. The summed E-state index contributed by atoms with van der Waals surface area (Å²) in [6.07, 6.45) is 11.3. The monoisotopic (exact) mass is 201 g/mol. The second kappa shape index (κ2) is 3.00. The molecule has 0 aromatic rings. The van der Waals surface area contributed by atoms with Crippen LogP contribution in [0.25, 0.3) is 0 Å². The number of nitrogens with one attached hydrogen (secondary N) is 1. The minimum absolute atomic E-state index is 0.157. The maximum atomic E-state index is 5.93. The topological polar surface area (TPSA) is 64.1 Å². The predicted octanol–water partition coefficient (Wildman–Crippen LogP) is 0.528. The van der Waals surface area contributed by atoms with Crippen LogP contribution in [-0.4, -0.2) is 12.1 Å². The highest BCUT2D eigenvalue weighted by atomic mass is 15.0. The minimum Gasteiger partial charge on any atom is -0.399 e. The van der Waals surface area contributed by atoms with E-state index in [4.69, 9.17) is 11.5 Å². The molecule has 3 atom stereocenters. The van der Waals surface area contributed by atoms with Gasteiger partial charge in [0.2, 0.25) is 0 Å². The van der Waals surface area contributed by atoms with E-state index in [1.165, 1.54) is 11.3 Å². The summed E-state index contributed by atoms with van der Waals surface area (Å²) in [5.74, 6) is 0.404. The lowest BCUT2D eigenvalue weighted by Crippen LogP contribution is -2.28. The van der Waals surface area contributed by atoms with Crippen LogP contribution in [0.3, 0.4) is 0 Å². The maximum Gasteiger partial charge on any atom is 0.0550 e. The van der Waals surface area contributed by atoms with Crippen molar-refractivity contribution in [1.82, 2.24) is 5.32 Å². The minimum atomic E-state index is 0.157. The van der Waals surface area contributed by atoms with Crippen LogP contribution in [0.4, 0.5) is 0 Å². The third-order valence-corrected chi connectivity index (χ3v) is 3.29. The molecule has 2 aliphatic carbocycles. The van der Waals surface area contributed by atoms with Gasteiger partial charge in [-0.05, 0) is 24.1 Å². The van der Waals surface area contributed by atoms with Crippen LogP contribution >= 0.6 is 0 Å². The van der Waals surface area contributed by atoms with Gasteiger partial charge >= 0.3 is 0 Å². The fourth-order valence-electron chi connectivity index (χ4n) is 2.55. The van der Waals surface area contributed by atoms with Crippen molar-refractivity contribution in [2.45, 2.75) is 18.5 Å². The van der Waals surface area contributed by atoms with Crippen molar-refractivity contribution in [3.63, 3.8) is 0 Å². The smallest absolute Gasteiger partial charge is 0.0550 e. The van der Waals surface area contributed by atoms with Crippen molar-refractivity contribution in [1.29, 1.82) is 0 Å². The third kappa shape index (κ3) is 1.31. The molecule has 78 valence electrons. The number of nitrogens with two attached hydrogens (primary N) is 2. The summed E-state index contributed by atoms with van der Waals surface area (Å²) in [4.78, 5) is 0. The van der Waals surface area contributed by atoms with E-state index >= 15 is 0 Å². The molecule has 3 rings (SSSR count). The van der Waals surface area contributed by atoms with E-state index in [0.29, 0.717) is 12.0 Å². The number of fused-ring (bicyclic) bond motifs is 2. The van der Waals surface area contributed by atoms with Crippen LogP contribution < -0.4 is 16.8 Å². The average Bonchev–Trinajstić information content (AvgIpc) is 2.56. The molecular weight excluding hydrogens is 186 g/mol. The van der Waals surface area contributed by atoms with Gasteiger partial charge in [0.15, 0.2) is 0 Å². The zero-order valence-electron chi connectivity index (χ0n) is 8.48. The molecule has 15 heavy (non-hydrogen) atoms. The van der Waals surface area contributed by atoms with E-state index in [-0.39, 0.29) is 6.04 Å². The van der Waals surface area contributed by atoms with Gasteiger partial charge in [-0.15, -0.1) is 0 Å². The third-order valence-electron chi connectivity index (χ3n) is 3.29. The molecule has 0 amide bonds. The van der Waals surface area contributed by atoms with Crippen molar-refractivity contribution in [3.05, 3.63) is 47.3 Å². The summed E-state index contributed by atoms with van der Waals surface area (Å²) < 4.78 is 0. The van der Waals surface area contributed by atoms with E-state index in [0.717, 1.165) is 12.1 Å². The Balaban J connectivity index is 1.97.